The Kier molecular flexibility index (Phi) is 14.7. The third-order valence-corrected chi connectivity index (χ3v) is 17.8. The maximum atomic E-state index is 6.94. The van der Waals surface area contributed by atoms with Gasteiger partial charge in [0.05, 0.1) is 17.0 Å². The van der Waals surface area contributed by atoms with Crippen LogP contribution in [-0.2, 0) is 21.7 Å². The molecule has 2 aromatic heterocycles. The van der Waals surface area contributed by atoms with Crippen LogP contribution in [0.4, 0.5) is 68.2 Å². The summed E-state index contributed by atoms with van der Waals surface area (Å²) in [5, 5.41) is 2.21. The normalized spacial score (nSPS) is 13.0. The highest BCUT2D eigenvalue weighted by molar-refractivity contribution is 7.00. The van der Waals surface area contributed by atoms with E-state index >= 15 is 0 Å². The Morgan fingerprint density at radius 1 is 0.360 bits per heavy atom. The van der Waals surface area contributed by atoms with Gasteiger partial charge in [0, 0.05) is 67.6 Å². The minimum absolute atomic E-state index is 0.00600. The third kappa shape index (κ3) is 11.0. The second-order valence-corrected chi connectivity index (χ2v) is 28.5. The largest absolute Gasteiger partial charge is 0.468 e. The fourth-order valence-corrected chi connectivity index (χ4v) is 13.1. The molecule has 0 fully saturated rings. The third-order valence-electron chi connectivity index (χ3n) is 17.8. The maximum absolute atomic E-state index is 6.94. The van der Waals surface area contributed by atoms with E-state index in [1.807, 2.05) is 18.4 Å². The fourth-order valence-electron chi connectivity index (χ4n) is 13.1. The number of aryl methyl sites for hydroxylation is 2. The lowest BCUT2D eigenvalue weighted by Crippen LogP contribution is -2.61. The first-order valence-electron chi connectivity index (χ1n) is 31.5. The number of hydrogen-bond acceptors (Lipinski definition) is 6. The number of anilines is 12. The number of rotatable bonds is 8. The SMILES string of the molecule is Cc1cc(N(c2ccc(C(C)(C)C)cc2)c2ccc(C(C)(C)C)cc2)cc(N(c2ccccc2)c2coc3ccccc23)c1.Cc1cc2c3c(c1)N(c1ccccc1)c1c(oc4ccccc14)B3c1cc(C(C)(C)C)ccc1N2c1ccc(C(C)(C)C)cc1. The lowest BCUT2D eigenvalue weighted by molar-refractivity contribution is 0.590. The Bertz CT molecular complexity index is 4500. The second kappa shape index (κ2) is 22.3. The van der Waals surface area contributed by atoms with Gasteiger partial charge in [-0.3, -0.25) is 0 Å². The zero-order chi connectivity index (χ0) is 62.3. The molecule has 444 valence electrons. The average molecular weight is 1170 g/mol. The highest BCUT2D eigenvalue weighted by Crippen LogP contribution is 2.49. The van der Waals surface area contributed by atoms with E-state index in [1.165, 1.54) is 67.1 Å². The Balaban J connectivity index is 0.000000164. The van der Waals surface area contributed by atoms with Gasteiger partial charge in [0.2, 0.25) is 0 Å². The van der Waals surface area contributed by atoms with Crippen molar-refractivity contribution in [3.63, 3.8) is 0 Å². The number of furan rings is 2. The van der Waals surface area contributed by atoms with Crippen LogP contribution in [0.25, 0.3) is 21.9 Å². The molecule has 2 aliphatic heterocycles. The van der Waals surface area contributed by atoms with Crippen molar-refractivity contribution in [1.82, 2.24) is 0 Å². The van der Waals surface area contributed by atoms with Gasteiger partial charge in [-0.25, -0.2) is 0 Å². The lowest BCUT2D eigenvalue weighted by Gasteiger charge is -2.43. The molecule has 0 atom stereocenters. The summed E-state index contributed by atoms with van der Waals surface area (Å²) in [6, 6.07) is 83.8. The van der Waals surface area contributed by atoms with Gasteiger partial charge in [-0.15, -0.1) is 0 Å². The quantitative estimate of drug-likeness (QED) is 0.141. The van der Waals surface area contributed by atoms with Crippen LogP contribution in [-0.4, -0.2) is 6.71 Å². The molecule has 4 heterocycles. The molecule has 6 nitrogen and oxygen atoms in total. The summed E-state index contributed by atoms with van der Waals surface area (Å²) >= 11 is 0. The van der Waals surface area contributed by atoms with Crippen molar-refractivity contribution in [2.24, 2.45) is 0 Å². The predicted molar refractivity (Wildman–Crippen MR) is 380 cm³/mol. The molecule has 0 amide bonds. The van der Waals surface area contributed by atoms with Gasteiger partial charge >= 0.3 is 0 Å². The van der Waals surface area contributed by atoms with Crippen LogP contribution in [0.3, 0.4) is 0 Å². The highest BCUT2D eigenvalue weighted by atomic mass is 16.3. The van der Waals surface area contributed by atoms with Gasteiger partial charge in [0.15, 0.2) is 0 Å². The number of para-hydroxylation sites is 4. The molecule has 0 radical (unpaired) electrons. The molecular formula is C82H81BN4O2. The monoisotopic (exact) mass is 1160 g/mol. The smallest absolute Gasteiger partial charge is 0.297 e. The molecule has 12 aromatic rings. The van der Waals surface area contributed by atoms with E-state index in [-0.39, 0.29) is 28.4 Å². The standard InChI is InChI=1S/C41H39BN2O.C41H42N2O/c1-26-23-34-37-35(24-26)44(29-13-9-8-10-14-29)38-31-15-11-12-16-36(31)45-39(38)42(37)32-25-28(41(5,6)7)19-22-33(32)43(34)30-20-17-27(18-21-30)40(2,3)4;1-29-25-35(27-36(26-29)43(32-13-9-8-10-14-32)38-28-44-39-16-12-11-15-37(38)39)42(33-21-17-30(18-22-33)40(2,3)4)34-23-19-31(20-24-34)41(5,6)7/h8-25H,1-7H3;8-28H,1-7H3. The Labute approximate surface area is 527 Å². The van der Waals surface area contributed by atoms with Crippen molar-refractivity contribution in [3.05, 3.63) is 270 Å². The van der Waals surface area contributed by atoms with Gasteiger partial charge in [0.25, 0.3) is 6.71 Å². The van der Waals surface area contributed by atoms with Gasteiger partial charge in [0.1, 0.15) is 17.4 Å². The summed E-state index contributed by atoms with van der Waals surface area (Å²) in [6.45, 7) is 31.6. The molecule has 0 spiro atoms. The number of fused-ring (bicyclic) bond motifs is 7. The number of hydrogen-bond donors (Lipinski definition) is 0. The van der Waals surface area contributed by atoms with Crippen LogP contribution in [0.1, 0.15) is 116 Å². The molecule has 89 heavy (non-hydrogen) atoms. The van der Waals surface area contributed by atoms with Crippen LogP contribution in [0.5, 0.6) is 0 Å². The molecule has 14 rings (SSSR count). The molecule has 0 aliphatic carbocycles. The van der Waals surface area contributed by atoms with Crippen molar-refractivity contribution in [2.75, 3.05) is 19.6 Å². The molecule has 10 aromatic carbocycles. The Morgan fingerprint density at radius 2 is 0.809 bits per heavy atom. The Morgan fingerprint density at radius 3 is 1.38 bits per heavy atom. The zero-order valence-corrected chi connectivity index (χ0v) is 54.2. The first-order chi connectivity index (χ1) is 42.5. The molecule has 7 heteroatoms. The van der Waals surface area contributed by atoms with E-state index < -0.39 is 0 Å². The number of nitrogens with zero attached hydrogens (tertiary/aromatic N) is 4. The minimum atomic E-state index is -0.0413. The van der Waals surface area contributed by atoms with Crippen LogP contribution in [0, 0.1) is 13.8 Å². The van der Waals surface area contributed by atoms with Gasteiger partial charge < -0.3 is 28.4 Å². The molecule has 0 unspecified atom stereocenters. The van der Waals surface area contributed by atoms with E-state index in [2.05, 4.69) is 335 Å². The highest BCUT2D eigenvalue weighted by Gasteiger charge is 2.47. The molecule has 2 aliphatic rings. The average Bonchev–Trinajstić information content (AvgIpc) is 1.69. The summed E-state index contributed by atoms with van der Waals surface area (Å²) in [7, 11) is 0. The second-order valence-electron chi connectivity index (χ2n) is 28.5. The summed E-state index contributed by atoms with van der Waals surface area (Å²) in [6.07, 6.45) is 1.87. The minimum Gasteiger partial charge on any atom is -0.468 e. The molecular weight excluding hydrogens is 1080 g/mol. The van der Waals surface area contributed by atoms with Gasteiger partial charge in [-0.05, 0) is 201 Å². The summed E-state index contributed by atoms with van der Waals surface area (Å²) < 4.78 is 13.0. The molecule has 0 saturated carbocycles. The molecule has 0 bridgehead atoms. The summed E-state index contributed by atoms with van der Waals surface area (Å²) in [5.41, 5.74) is 26.9. The van der Waals surface area contributed by atoms with E-state index in [0.29, 0.717) is 0 Å². The van der Waals surface area contributed by atoms with Crippen molar-refractivity contribution in [3.8, 4) is 0 Å². The van der Waals surface area contributed by atoms with Crippen molar-refractivity contribution in [2.45, 2.75) is 119 Å². The van der Waals surface area contributed by atoms with Crippen molar-refractivity contribution < 1.29 is 8.83 Å². The van der Waals surface area contributed by atoms with Gasteiger partial charge in [-0.1, -0.05) is 192 Å². The summed E-state index contributed by atoms with van der Waals surface area (Å²) in [4.78, 5) is 9.58. The zero-order valence-electron chi connectivity index (χ0n) is 54.2. The lowest BCUT2D eigenvalue weighted by atomic mass is 9.35. The predicted octanol–water partition coefficient (Wildman–Crippen LogP) is 21.7. The van der Waals surface area contributed by atoms with E-state index in [9.17, 15) is 0 Å². The fraction of sp³-hybridized carbons (Fsp3) is 0.220. The molecule has 0 saturated heterocycles. The van der Waals surface area contributed by atoms with Crippen LogP contribution in [0.15, 0.2) is 246 Å². The first-order valence-corrected chi connectivity index (χ1v) is 31.5. The van der Waals surface area contributed by atoms with E-state index in [4.69, 9.17) is 8.83 Å². The van der Waals surface area contributed by atoms with Gasteiger partial charge in [-0.2, -0.15) is 0 Å². The van der Waals surface area contributed by atoms with E-state index in [1.54, 1.807) is 0 Å². The molecule has 0 N–H and O–H groups in total. The van der Waals surface area contributed by atoms with E-state index in [0.717, 1.165) is 73.1 Å². The maximum Gasteiger partial charge on any atom is 0.297 e. The Hall–Kier alpha value is -9.46. The van der Waals surface area contributed by atoms with Crippen LogP contribution < -0.4 is 36.2 Å². The van der Waals surface area contributed by atoms with Crippen LogP contribution >= 0.6 is 0 Å². The first kappa shape index (κ1) is 58.6. The summed E-state index contributed by atoms with van der Waals surface area (Å²) in [5.74, 6) is 0. The topological polar surface area (TPSA) is 39.2 Å². The van der Waals surface area contributed by atoms with Crippen LogP contribution in [0.2, 0.25) is 0 Å². The van der Waals surface area contributed by atoms with Crippen molar-refractivity contribution in [1.29, 1.82) is 0 Å². The number of benzene rings is 10. The van der Waals surface area contributed by atoms with Crippen molar-refractivity contribution >= 4 is 113 Å².